The van der Waals surface area contributed by atoms with Gasteiger partial charge in [0.1, 0.15) is 0 Å². The van der Waals surface area contributed by atoms with Crippen molar-refractivity contribution >= 4 is 6.01 Å². The topological polar surface area (TPSA) is 77.0 Å². The lowest BCUT2D eigenvalue weighted by molar-refractivity contribution is 0.301. The third-order valence-electron chi connectivity index (χ3n) is 4.45. The zero-order valence-electron chi connectivity index (χ0n) is 12.7. The largest absolute Gasteiger partial charge is 0.324 e. The van der Waals surface area contributed by atoms with Crippen LogP contribution in [0.5, 0.6) is 0 Å². The van der Waals surface area contributed by atoms with E-state index in [1.54, 1.807) is 17.7 Å². The number of anilines is 1. The van der Waals surface area contributed by atoms with E-state index >= 15 is 0 Å². The second-order valence-electron chi connectivity index (χ2n) is 6.24. The van der Waals surface area contributed by atoms with Gasteiger partial charge in [-0.15, -0.1) is 0 Å². The van der Waals surface area contributed by atoms with Crippen molar-refractivity contribution in [2.75, 3.05) is 18.0 Å². The average Bonchev–Trinajstić information content (AvgIpc) is 2.88. The molecule has 0 N–H and O–H groups in total. The maximum atomic E-state index is 12.2. The molecule has 0 atom stereocenters. The van der Waals surface area contributed by atoms with Gasteiger partial charge in [0, 0.05) is 25.1 Å². The van der Waals surface area contributed by atoms with Crippen LogP contribution in [-0.2, 0) is 19.4 Å². The number of aromatic nitrogens is 4. The lowest BCUT2D eigenvalue weighted by atomic mass is 9.97. The van der Waals surface area contributed by atoms with Crippen molar-refractivity contribution in [3.63, 3.8) is 0 Å². The zero-order valence-corrected chi connectivity index (χ0v) is 12.7. The minimum atomic E-state index is 0.0211. The Hall–Kier alpha value is -2.18. The molecule has 0 bridgehead atoms. The summed E-state index contributed by atoms with van der Waals surface area (Å²) in [5.74, 6) is 1.05. The Bertz CT molecular complexity index is 745. The van der Waals surface area contributed by atoms with Crippen molar-refractivity contribution in [1.82, 2.24) is 19.9 Å². The molecule has 1 aliphatic heterocycles. The molecule has 4 rings (SSSR count). The average molecular weight is 301 g/mol. The van der Waals surface area contributed by atoms with Gasteiger partial charge in [0.15, 0.2) is 5.82 Å². The molecule has 0 saturated carbocycles. The van der Waals surface area contributed by atoms with Crippen molar-refractivity contribution in [1.29, 1.82) is 0 Å². The summed E-state index contributed by atoms with van der Waals surface area (Å²) in [6.07, 6.45) is 4.32. The molecule has 1 saturated heterocycles. The normalized spacial score (nSPS) is 18.1. The van der Waals surface area contributed by atoms with E-state index in [9.17, 15) is 4.79 Å². The van der Waals surface area contributed by atoms with E-state index in [0.717, 1.165) is 37.2 Å². The molecule has 0 unspecified atom stereocenters. The van der Waals surface area contributed by atoms with Gasteiger partial charge in [0.05, 0.1) is 12.2 Å². The lowest BCUT2D eigenvalue weighted by Crippen LogP contribution is -2.50. The third-order valence-corrected chi connectivity index (χ3v) is 4.45. The molecule has 2 aliphatic rings. The lowest BCUT2D eigenvalue weighted by Gasteiger charge is -2.37. The quantitative estimate of drug-likeness (QED) is 0.840. The van der Waals surface area contributed by atoms with Gasteiger partial charge in [-0.05, 0) is 38.2 Å². The van der Waals surface area contributed by atoms with Crippen LogP contribution in [0.1, 0.15) is 29.9 Å². The molecular weight excluding hydrogens is 282 g/mol. The Balaban J connectivity index is 1.43. The summed E-state index contributed by atoms with van der Waals surface area (Å²) >= 11 is 0. The molecule has 7 heteroatoms. The highest BCUT2D eigenvalue weighted by molar-refractivity contribution is 5.30. The zero-order chi connectivity index (χ0) is 15.1. The predicted octanol–water partition coefficient (Wildman–Crippen LogP) is 0.950. The minimum Gasteiger partial charge on any atom is -0.324 e. The van der Waals surface area contributed by atoms with E-state index < -0.39 is 0 Å². The molecule has 0 aromatic carbocycles. The summed E-state index contributed by atoms with van der Waals surface area (Å²) in [6.45, 7) is 4.12. The smallest absolute Gasteiger partial charge is 0.324 e. The van der Waals surface area contributed by atoms with Gasteiger partial charge in [0.25, 0.3) is 5.56 Å². The number of hydrogen-bond acceptors (Lipinski definition) is 6. The van der Waals surface area contributed by atoms with E-state index in [1.807, 2.05) is 4.90 Å². The van der Waals surface area contributed by atoms with Gasteiger partial charge in [-0.2, -0.15) is 10.1 Å². The molecule has 3 heterocycles. The molecule has 116 valence electrons. The van der Waals surface area contributed by atoms with E-state index in [1.165, 1.54) is 12.8 Å². The van der Waals surface area contributed by atoms with Crippen LogP contribution in [0.25, 0.3) is 0 Å². The summed E-state index contributed by atoms with van der Waals surface area (Å²) in [4.78, 5) is 18.4. The van der Waals surface area contributed by atoms with Gasteiger partial charge in [-0.3, -0.25) is 4.79 Å². The number of nitrogens with zero attached hydrogens (tertiary/aromatic N) is 5. The Labute approximate surface area is 127 Å². The fourth-order valence-electron chi connectivity index (χ4n) is 3.23. The molecule has 1 aliphatic carbocycles. The van der Waals surface area contributed by atoms with Crippen LogP contribution in [0.4, 0.5) is 6.01 Å². The summed E-state index contributed by atoms with van der Waals surface area (Å²) in [6, 6.07) is 2.35. The van der Waals surface area contributed by atoms with Crippen LogP contribution in [0, 0.1) is 12.8 Å². The van der Waals surface area contributed by atoms with Crippen LogP contribution in [-0.4, -0.2) is 33.0 Å². The third kappa shape index (κ3) is 2.40. The highest BCUT2D eigenvalue weighted by Gasteiger charge is 2.31. The first-order chi connectivity index (χ1) is 10.7. The second-order valence-corrected chi connectivity index (χ2v) is 6.24. The molecular formula is C15H19N5O2. The fraction of sp³-hybridized carbons (Fsp3) is 0.600. The Morgan fingerprint density at radius 3 is 2.91 bits per heavy atom. The second kappa shape index (κ2) is 5.23. The molecule has 2 aromatic heterocycles. The van der Waals surface area contributed by atoms with Crippen molar-refractivity contribution < 1.29 is 4.52 Å². The first-order valence-electron chi connectivity index (χ1n) is 7.84. The summed E-state index contributed by atoms with van der Waals surface area (Å²) in [7, 11) is 0. The Kier molecular flexibility index (Phi) is 3.20. The van der Waals surface area contributed by atoms with Crippen LogP contribution in [0.2, 0.25) is 0 Å². The van der Waals surface area contributed by atoms with Crippen LogP contribution in [0.3, 0.4) is 0 Å². The number of aryl methyl sites for hydroxylation is 3. The van der Waals surface area contributed by atoms with Crippen LogP contribution >= 0.6 is 0 Å². The highest BCUT2D eigenvalue weighted by atomic mass is 16.5. The summed E-state index contributed by atoms with van der Waals surface area (Å²) in [5.41, 5.74) is 2.27. The van der Waals surface area contributed by atoms with E-state index in [0.29, 0.717) is 24.3 Å². The predicted molar refractivity (Wildman–Crippen MR) is 79.9 cm³/mol. The van der Waals surface area contributed by atoms with E-state index in [-0.39, 0.29) is 5.56 Å². The minimum absolute atomic E-state index is 0.0211. The van der Waals surface area contributed by atoms with Crippen molar-refractivity contribution in [3.8, 4) is 0 Å². The van der Waals surface area contributed by atoms with Crippen molar-refractivity contribution in [2.24, 2.45) is 5.92 Å². The van der Waals surface area contributed by atoms with Gasteiger partial charge in [0.2, 0.25) is 0 Å². The molecule has 7 nitrogen and oxygen atoms in total. The highest BCUT2D eigenvalue weighted by Crippen LogP contribution is 2.24. The SMILES string of the molecule is Cc1noc(N2CC(Cn3nc4c(cc3=O)CCCC4)C2)n1. The molecule has 0 amide bonds. The number of fused-ring (bicyclic) bond motifs is 1. The van der Waals surface area contributed by atoms with E-state index in [2.05, 4.69) is 15.2 Å². The molecule has 0 radical (unpaired) electrons. The van der Waals surface area contributed by atoms with Gasteiger partial charge in [-0.1, -0.05) is 5.16 Å². The van der Waals surface area contributed by atoms with Gasteiger partial charge in [-0.25, -0.2) is 4.68 Å². The fourth-order valence-corrected chi connectivity index (χ4v) is 3.23. The molecule has 0 spiro atoms. The van der Waals surface area contributed by atoms with E-state index in [4.69, 9.17) is 4.52 Å². The Morgan fingerprint density at radius 2 is 2.14 bits per heavy atom. The molecule has 22 heavy (non-hydrogen) atoms. The van der Waals surface area contributed by atoms with Gasteiger partial charge < -0.3 is 9.42 Å². The summed E-state index contributed by atoms with van der Waals surface area (Å²) in [5, 5.41) is 8.37. The Morgan fingerprint density at radius 1 is 1.32 bits per heavy atom. The van der Waals surface area contributed by atoms with Crippen molar-refractivity contribution in [2.45, 2.75) is 39.2 Å². The monoisotopic (exact) mass is 301 g/mol. The maximum absolute atomic E-state index is 12.2. The summed E-state index contributed by atoms with van der Waals surface area (Å²) < 4.78 is 6.78. The van der Waals surface area contributed by atoms with Crippen LogP contribution < -0.4 is 10.5 Å². The number of rotatable bonds is 3. The number of hydrogen-bond donors (Lipinski definition) is 0. The first-order valence-corrected chi connectivity index (χ1v) is 7.84. The molecule has 2 aromatic rings. The first kappa shape index (κ1) is 13.5. The maximum Gasteiger partial charge on any atom is 0.324 e. The van der Waals surface area contributed by atoms with Crippen molar-refractivity contribution in [3.05, 3.63) is 33.5 Å². The van der Waals surface area contributed by atoms with Crippen LogP contribution in [0.15, 0.2) is 15.4 Å². The molecule has 1 fully saturated rings. The van der Waals surface area contributed by atoms with Gasteiger partial charge >= 0.3 is 6.01 Å². The standard InChI is InChI=1S/C15H19N5O2/c1-10-16-15(22-18-10)19-7-11(8-19)9-20-14(21)6-12-4-2-3-5-13(12)17-20/h6,11H,2-5,7-9H2,1H3.